The Morgan fingerprint density at radius 3 is 2.53 bits per heavy atom. The van der Waals surface area contributed by atoms with Crippen molar-refractivity contribution in [1.29, 1.82) is 0 Å². The monoisotopic (exact) mass is 255 g/mol. The molecular weight excluding hydrogens is 234 g/mol. The normalized spacial score (nSPS) is 14.3. The minimum absolute atomic E-state index is 0.192. The maximum atomic E-state index is 11.2. The molecule has 4 heteroatoms. The molecule has 0 aliphatic heterocycles. The van der Waals surface area contributed by atoms with Crippen LogP contribution in [0.3, 0.4) is 0 Å². The van der Waals surface area contributed by atoms with E-state index in [2.05, 4.69) is 5.32 Å². The van der Waals surface area contributed by atoms with Gasteiger partial charge >= 0.3 is 0 Å². The Balaban J connectivity index is 2.34. The molecule has 0 heterocycles. The molecule has 17 heavy (non-hydrogen) atoms. The van der Waals surface area contributed by atoms with Crippen molar-refractivity contribution >= 4 is 10.8 Å². The molecule has 0 spiro atoms. The third kappa shape index (κ3) is 5.33. The van der Waals surface area contributed by atoms with Crippen molar-refractivity contribution in [2.24, 2.45) is 0 Å². The standard InChI is InChI=1S/C13H21NO2S/c1-4-16-13-7-5-12(6-8-13)10-14-9-11(2)17(3)15/h5-8,11,14H,4,9-10H2,1-3H3. The average molecular weight is 255 g/mol. The highest BCUT2D eigenvalue weighted by Crippen LogP contribution is 2.11. The van der Waals surface area contributed by atoms with Crippen LogP contribution in [0.25, 0.3) is 0 Å². The van der Waals surface area contributed by atoms with E-state index in [1.165, 1.54) is 5.56 Å². The number of nitrogens with one attached hydrogen (secondary N) is 1. The maximum Gasteiger partial charge on any atom is 0.119 e. The highest BCUT2D eigenvalue weighted by Gasteiger charge is 2.04. The number of hydrogen-bond donors (Lipinski definition) is 1. The van der Waals surface area contributed by atoms with Gasteiger partial charge in [0, 0.05) is 35.4 Å². The summed E-state index contributed by atoms with van der Waals surface area (Å²) < 4.78 is 16.5. The fourth-order valence-electron chi connectivity index (χ4n) is 1.41. The second kappa shape index (κ2) is 7.45. The van der Waals surface area contributed by atoms with Crippen LogP contribution in [0.15, 0.2) is 24.3 Å². The smallest absolute Gasteiger partial charge is 0.119 e. The van der Waals surface area contributed by atoms with Gasteiger partial charge < -0.3 is 10.1 Å². The van der Waals surface area contributed by atoms with Crippen molar-refractivity contribution in [2.45, 2.75) is 25.6 Å². The van der Waals surface area contributed by atoms with E-state index in [0.717, 1.165) is 18.8 Å². The van der Waals surface area contributed by atoms with Crippen molar-refractivity contribution in [2.75, 3.05) is 19.4 Å². The first-order chi connectivity index (χ1) is 8.13. The Labute approximate surface area is 106 Å². The van der Waals surface area contributed by atoms with Crippen LogP contribution in [-0.4, -0.2) is 28.9 Å². The molecule has 96 valence electrons. The number of ether oxygens (including phenoxy) is 1. The minimum Gasteiger partial charge on any atom is -0.494 e. The van der Waals surface area contributed by atoms with Gasteiger partial charge in [-0.2, -0.15) is 0 Å². The van der Waals surface area contributed by atoms with Crippen LogP contribution in [0.4, 0.5) is 0 Å². The zero-order chi connectivity index (χ0) is 12.7. The van der Waals surface area contributed by atoms with Gasteiger partial charge in [0.05, 0.1) is 6.61 Å². The van der Waals surface area contributed by atoms with Crippen LogP contribution in [0.2, 0.25) is 0 Å². The van der Waals surface area contributed by atoms with Gasteiger partial charge in [0.25, 0.3) is 0 Å². The summed E-state index contributed by atoms with van der Waals surface area (Å²) in [6, 6.07) is 8.04. The summed E-state index contributed by atoms with van der Waals surface area (Å²) in [5.41, 5.74) is 1.21. The van der Waals surface area contributed by atoms with E-state index in [-0.39, 0.29) is 5.25 Å². The van der Waals surface area contributed by atoms with Crippen LogP contribution in [0, 0.1) is 0 Å². The highest BCUT2D eigenvalue weighted by molar-refractivity contribution is 7.84. The molecule has 0 amide bonds. The third-order valence-corrected chi connectivity index (χ3v) is 3.86. The Morgan fingerprint density at radius 2 is 2.00 bits per heavy atom. The largest absolute Gasteiger partial charge is 0.494 e. The minimum atomic E-state index is -0.757. The lowest BCUT2D eigenvalue weighted by molar-refractivity contribution is 0.340. The predicted octanol–water partition coefficient (Wildman–Crippen LogP) is 1.94. The number of rotatable bonds is 7. The van der Waals surface area contributed by atoms with Crippen molar-refractivity contribution in [3.63, 3.8) is 0 Å². The molecule has 2 atom stereocenters. The van der Waals surface area contributed by atoms with Gasteiger partial charge in [-0.15, -0.1) is 0 Å². The molecule has 1 aromatic carbocycles. The van der Waals surface area contributed by atoms with Crippen LogP contribution >= 0.6 is 0 Å². The van der Waals surface area contributed by atoms with E-state index in [9.17, 15) is 4.21 Å². The molecule has 0 radical (unpaired) electrons. The summed E-state index contributed by atoms with van der Waals surface area (Å²) in [6.45, 7) is 6.23. The number of benzene rings is 1. The molecular formula is C13H21NO2S. The highest BCUT2D eigenvalue weighted by atomic mass is 32.2. The quantitative estimate of drug-likeness (QED) is 0.809. The Kier molecular flexibility index (Phi) is 6.22. The van der Waals surface area contributed by atoms with E-state index >= 15 is 0 Å². The molecule has 2 unspecified atom stereocenters. The van der Waals surface area contributed by atoms with E-state index < -0.39 is 10.8 Å². The lowest BCUT2D eigenvalue weighted by Gasteiger charge is -2.10. The second-order valence-corrected chi connectivity index (χ2v) is 5.82. The van der Waals surface area contributed by atoms with Crippen LogP contribution in [-0.2, 0) is 17.3 Å². The maximum absolute atomic E-state index is 11.2. The fraction of sp³-hybridized carbons (Fsp3) is 0.538. The second-order valence-electron chi connectivity index (χ2n) is 4.02. The molecule has 0 aromatic heterocycles. The van der Waals surface area contributed by atoms with Gasteiger partial charge in [-0.05, 0) is 31.5 Å². The van der Waals surface area contributed by atoms with Crippen molar-refractivity contribution in [3.05, 3.63) is 29.8 Å². The molecule has 0 saturated carbocycles. The SMILES string of the molecule is CCOc1ccc(CNCC(C)S(C)=O)cc1. The summed E-state index contributed by atoms with van der Waals surface area (Å²) in [5, 5.41) is 3.49. The molecule has 1 rings (SSSR count). The van der Waals surface area contributed by atoms with E-state index in [0.29, 0.717) is 6.61 Å². The Morgan fingerprint density at radius 1 is 1.35 bits per heavy atom. The average Bonchev–Trinajstić information content (AvgIpc) is 2.31. The first kappa shape index (κ1) is 14.2. The molecule has 3 nitrogen and oxygen atoms in total. The zero-order valence-electron chi connectivity index (χ0n) is 10.7. The topological polar surface area (TPSA) is 38.3 Å². The fourth-order valence-corrected chi connectivity index (χ4v) is 1.76. The van der Waals surface area contributed by atoms with Gasteiger partial charge in [0.1, 0.15) is 5.75 Å². The van der Waals surface area contributed by atoms with Crippen molar-refractivity contribution < 1.29 is 8.95 Å². The molecule has 0 bridgehead atoms. The molecule has 0 aliphatic carbocycles. The zero-order valence-corrected chi connectivity index (χ0v) is 11.5. The summed E-state index contributed by atoms with van der Waals surface area (Å²) in [5.74, 6) is 0.902. The van der Waals surface area contributed by atoms with Crippen LogP contribution in [0.5, 0.6) is 5.75 Å². The first-order valence-corrected chi connectivity index (χ1v) is 7.50. The molecule has 0 fully saturated rings. The lowest BCUT2D eigenvalue weighted by Crippen LogP contribution is -2.27. The molecule has 1 N–H and O–H groups in total. The van der Waals surface area contributed by atoms with E-state index in [4.69, 9.17) is 4.74 Å². The predicted molar refractivity (Wildman–Crippen MR) is 72.8 cm³/mol. The van der Waals surface area contributed by atoms with Gasteiger partial charge in [0.2, 0.25) is 0 Å². The summed E-state index contributed by atoms with van der Waals surface area (Å²) in [6.07, 6.45) is 1.74. The Hall–Kier alpha value is -0.870. The van der Waals surface area contributed by atoms with Crippen molar-refractivity contribution in [1.82, 2.24) is 5.32 Å². The molecule has 0 aliphatic rings. The van der Waals surface area contributed by atoms with Gasteiger partial charge in [0.15, 0.2) is 0 Å². The van der Waals surface area contributed by atoms with E-state index in [1.54, 1.807) is 6.26 Å². The van der Waals surface area contributed by atoms with Crippen LogP contribution < -0.4 is 10.1 Å². The summed E-state index contributed by atoms with van der Waals surface area (Å²) in [7, 11) is -0.757. The molecule has 1 aromatic rings. The Bertz CT molecular complexity index is 351. The van der Waals surface area contributed by atoms with Gasteiger partial charge in [-0.3, -0.25) is 4.21 Å². The van der Waals surface area contributed by atoms with Crippen LogP contribution in [0.1, 0.15) is 19.4 Å². The van der Waals surface area contributed by atoms with E-state index in [1.807, 2.05) is 38.1 Å². The first-order valence-electron chi connectivity index (χ1n) is 5.88. The lowest BCUT2D eigenvalue weighted by atomic mass is 10.2. The summed E-state index contributed by atoms with van der Waals surface area (Å²) >= 11 is 0. The third-order valence-electron chi connectivity index (χ3n) is 2.56. The number of hydrogen-bond acceptors (Lipinski definition) is 3. The van der Waals surface area contributed by atoms with Crippen molar-refractivity contribution in [3.8, 4) is 5.75 Å². The summed E-state index contributed by atoms with van der Waals surface area (Å²) in [4.78, 5) is 0. The van der Waals surface area contributed by atoms with Gasteiger partial charge in [-0.25, -0.2) is 0 Å². The molecule has 0 saturated heterocycles. The van der Waals surface area contributed by atoms with Gasteiger partial charge in [-0.1, -0.05) is 12.1 Å².